The number of aromatic nitrogens is 2. The van der Waals surface area contributed by atoms with Crippen molar-refractivity contribution < 1.29 is 17.9 Å². The van der Waals surface area contributed by atoms with Gasteiger partial charge in [-0.1, -0.05) is 57.0 Å². The van der Waals surface area contributed by atoms with Crippen LogP contribution in [0.3, 0.4) is 0 Å². The number of sulfonamides is 1. The van der Waals surface area contributed by atoms with Gasteiger partial charge in [0.1, 0.15) is 5.75 Å². The lowest BCUT2D eigenvalue weighted by atomic mass is 9.95. The molecule has 0 saturated heterocycles. The molecular formula is C26H34N4O4S2. The SMILES string of the molecule is CCN(CC)S(=O)(=O)c1ccc2c(c1)nc(SCC(=O)NC1CCCCC1)n2-c1ccccc1OC. The zero-order chi connectivity index (χ0) is 25.7. The number of rotatable bonds is 10. The molecule has 10 heteroatoms. The Morgan fingerprint density at radius 3 is 2.56 bits per heavy atom. The Kier molecular flexibility index (Phi) is 8.58. The first-order valence-electron chi connectivity index (χ1n) is 12.5. The van der Waals surface area contributed by atoms with Crippen molar-refractivity contribution in [2.45, 2.75) is 62.0 Å². The van der Waals surface area contributed by atoms with Crippen LogP contribution < -0.4 is 10.1 Å². The van der Waals surface area contributed by atoms with Crippen LogP contribution in [-0.4, -0.2) is 60.2 Å². The Morgan fingerprint density at radius 2 is 1.86 bits per heavy atom. The van der Waals surface area contributed by atoms with Crippen molar-refractivity contribution in [3.05, 3.63) is 42.5 Å². The van der Waals surface area contributed by atoms with Gasteiger partial charge in [0.25, 0.3) is 0 Å². The molecule has 0 aliphatic heterocycles. The third kappa shape index (κ3) is 5.55. The Bertz CT molecular complexity index is 1310. The quantitative estimate of drug-likeness (QED) is 0.385. The lowest BCUT2D eigenvalue weighted by molar-refractivity contribution is -0.119. The minimum Gasteiger partial charge on any atom is -0.495 e. The molecule has 1 fully saturated rings. The highest BCUT2D eigenvalue weighted by molar-refractivity contribution is 7.99. The van der Waals surface area contributed by atoms with E-state index in [-0.39, 0.29) is 22.6 Å². The number of para-hydroxylation sites is 2. The second kappa shape index (κ2) is 11.7. The number of imidazole rings is 1. The van der Waals surface area contributed by atoms with E-state index in [0.29, 0.717) is 29.5 Å². The average Bonchev–Trinajstić information content (AvgIpc) is 3.26. The second-order valence-electron chi connectivity index (χ2n) is 8.83. The first-order valence-corrected chi connectivity index (χ1v) is 14.9. The smallest absolute Gasteiger partial charge is 0.243 e. The highest BCUT2D eigenvalue weighted by Crippen LogP contribution is 2.34. The van der Waals surface area contributed by atoms with E-state index in [9.17, 15) is 13.2 Å². The van der Waals surface area contributed by atoms with E-state index >= 15 is 0 Å². The summed E-state index contributed by atoms with van der Waals surface area (Å²) in [6.07, 6.45) is 5.59. The summed E-state index contributed by atoms with van der Waals surface area (Å²) in [7, 11) is -2.02. The van der Waals surface area contributed by atoms with Crippen LogP contribution in [0.25, 0.3) is 16.7 Å². The van der Waals surface area contributed by atoms with Crippen LogP contribution in [0.5, 0.6) is 5.75 Å². The van der Waals surface area contributed by atoms with E-state index in [2.05, 4.69) is 5.32 Å². The number of methoxy groups -OCH3 is 1. The molecule has 0 radical (unpaired) electrons. The summed E-state index contributed by atoms with van der Waals surface area (Å²) in [5.41, 5.74) is 2.06. The van der Waals surface area contributed by atoms with Crippen LogP contribution in [0.2, 0.25) is 0 Å². The van der Waals surface area contributed by atoms with Crippen LogP contribution in [0, 0.1) is 0 Å². The number of fused-ring (bicyclic) bond motifs is 1. The van der Waals surface area contributed by atoms with E-state index in [0.717, 1.165) is 36.9 Å². The van der Waals surface area contributed by atoms with Crippen molar-refractivity contribution in [2.75, 3.05) is 26.0 Å². The molecule has 1 N–H and O–H groups in total. The van der Waals surface area contributed by atoms with Crippen LogP contribution in [-0.2, 0) is 14.8 Å². The number of carbonyl (C=O) groups excluding carboxylic acids is 1. The maximum atomic E-state index is 13.1. The van der Waals surface area contributed by atoms with Crippen molar-refractivity contribution in [3.63, 3.8) is 0 Å². The maximum Gasteiger partial charge on any atom is 0.243 e. The summed E-state index contributed by atoms with van der Waals surface area (Å²) in [5.74, 6) is 0.861. The molecule has 8 nitrogen and oxygen atoms in total. The van der Waals surface area contributed by atoms with Crippen molar-refractivity contribution >= 4 is 38.7 Å². The van der Waals surface area contributed by atoms with E-state index in [4.69, 9.17) is 9.72 Å². The number of nitrogens with zero attached hydrogens (tertiary/aromatic N) is 3. The average molecular weight is 531 g/mol. The number of nitrogens with one attached hydrogen (secondary N) is 1. The summed E-state index contributed by atoms with van der Waals surface area (Å²) in [4.78, 5) is 17.7. The topological polar surface area (TPSA) is 93.5 Å². The van der Waals surface area contributed by atoms with Crippen LogP contribution in [0.1, 0.15) is 46.0 Å². The lowest BCUT2D eigenvalue weighted by Gasteiger charge is -2.22. The predicted molar refractivity (Wildman–Crippen MR) is 143 cm³/mol. The molecule has 1 aliphatic rings. The molecule has 4 rings (SSSR count). The zero-order valence-corrected chi connectivity index (χ0v) is 22.7. The van der Waals surface area contributed by atoms with Crippen LogP contribution in [0.15, 0.2) is 52.5 Å². The summed E-state index contributed by atoms with van der Waals surface area (Å²) < 4.78 is 35.2. The first kappa shape index (κ1) is 26.5. The standard InChI is InChI=1S/C26H34N4O4S2/c1-4-29(5-2)36(32,33)20-15-16-22-21(17-20)28-26(30(22)23-13-9-10-14-24(23)34-3)35-18-25(31)27-19-11-7-6-8-12-19/h9-10,13-17,19H,4-8,11-12,18H2,1-3H3,(H,27,31). The number of thioether (sulfide) groups is 1. The van der Waals surface area contributed by atoms with E-state index in [1.165, 1.54) is 22.5 Å². The Morgan fingerprint density at radius 1 is 1.14 bits per heavy atom. The minimum absolute atomic E-state index is 0.0182. The zero-order valence-electron chi connectivity index (χ0n) is 21.1. The molecule has 194 valence electrons. The van der Waals surface area contributed by atoms with Gasteiger partial charge in [-0.15, -0.1) is 0 Å². The highest BCUT2D eigenvalue weighted by Gasteiger charge is 2.24. The van der Waals surface area contributed by atoms with Gasteiger partial charge in [0, 0.05) is 19.1 Å². The van der Waals surface area contributed by atoms with Gasteiger partial charge < -0.3 is 10.1 Å². The van der Waals surface area contributed by atoms with Crippen molar-refractivity contribution in [1.29, 1.82) is 0 Å². The van der Waals surface area contributed by atoms with E-state index in [1.807, 2.05) is 42.7 Å². The van der Waals surface area contributed by atoms with Gasteiger partial charge in [0.05, 0.1) is 34.5 Å². The van der Waals surface area contributed by atoms with Crippen molar-refractivity contribution in [1.82, 2.24) is 19.2 Å². The largest absolute Gasteiger partial charge is 0.495 e. The molecule has 1 heterocycles. The van der Waals surface area contributed by atoms with Crippen LogP contribution in [0.4, 0.5) is 0 Å². The fraction of sp³-hybridized carbons (Fsp3) is 0.462. The van der Waals surface area contributed by atoms with E-state index < -0.39 is 10.0 Å². The van der Waals surface area contributed by atoms with Gasteiger partial charge in [-0.3, -0.25) is 9.36 Å². The summed E-state index contributed by atoms with van der Waals surface area (Å²) in [5, 5.41) is 3.76. The van der Waals surface area contributed by atoms with Crippen LogP contribution >= 0.6 is 11.8 Å². The van der Waals surface area contributed by atoms with Gasteiger partial charge in [0.2, 0.25) is 15.9 Å². The van der Waals surface area contributed by atoms with Gasteiger partial charge >= 0.3 is 0 Å². The number of hydrogen-bond acceptors (Lipinski definition) is 6. The molecule has 1 saturated carbocycles. The lowest BCUT2D eigenvalue weighted by Crippen LogP contribution is -2.37. The summed E-state index contributed by atoms with van der Waals surface area (Å²) in [6, 6.07) is 12.8. The summed E-state index contributed by atoms with van der Waals surface area (Å²) >= 11 is 1.34. The molecule has 1 aliphatic carbocycles. The third-order valence-corrected chi connectivity index (χ3v) is 9.55. The molecule has 1 amide bonds. The fourth-order valence-electron chi connectivity index (χ4n) is 4.70. The molecule has 1 aromatic heterocycles. The molecule has 2 aromatic carbocycles. The first-order chi connectivity index (χ1) is 17.4. The normalized spacial score (nSPS) is 14.9. The van der Waals surface area contributed by atoms with Gasteiger partial charge in [-0.2, -0.15) is 4.31 Å². The molecule has 0 unspecified atom stereocenters. The minimum atomic E-state index is -3.63. The Hall–Kier alpha value is -2.56. The number of benzene rings is 2. The summed E-state index contributed by atoms with van der Waals surface area (Å²) in [6.45, 7) is 4.43. The number of hydrogen-bond donors (Lipinski definition) is 1. The number of ether oxygens (including phenoxy) is 1. The molecule has 0 atom stereocenters. The van der Waals surface area contributed by atoms with Gasteiger partial charge in [-0.05, 0) is 43.2 Å². The fourth-order valence-corrected chi connectivity index (χ4v) is 7.01. The molecule has 3 aromatic rings. The Labute approximate surface area is 217 Å². The molecule has 0 spiro atoms. The van der Waals surface area contributed by atoms with E-state index in [1.54, 1.807) is 25.3 Å². The van der Waals surface area contributed by atoms with Gasteiger partial charge in [-0.25, -0.2) is 13.4 Å². The Balaban J connectivity index is 1.71. The monoisotopic (exact) mass is 530 g/mol. The van der Waals surface area contributed by atoms with Crippen molar-refractivity contribution in [3.8, 4) is 11.4 Å². The maximum absolute atomic E-state index is 13.1. The molecular weight excluding hydrogens is 496 g/mol. The second-order valence-corrected chi connectivity index (χ2v) is 11.7. The predicted octanol–water partition coefficient (Wildman–Crippen LogP) is 4.61. The molecule has 0 bridgehead atoms. The van der Waals surface area contributed by atoms with Gasteiger partial charge in [0.15, 0.2) is 5.16 Å². The highest BCUT2D eigenvalue weighted by atomic mass is 32.2. The third-order valence-electron chi connectivity index (χ3n) is 6.57. The molecule has 36 heavy (non-hydrogen) atoms. The number of amides is 1. The van der Waals surface area contributed by atoms with Crippen molar-refractivity contribution in [2.24, 2.45) is 0 Å². The number of carbonyl (C=O) groups is 1.